The van der Waals surface area contributed by atoms with Crippen molar-refractivity contribution >= 4 is 33.8 Å². The summed E-state index contributed by atoms with van der Waals surface area (Å²) in [5, 5.41) is 10.8. The monoisotopic (exact) mass is 394 g/mol. The van der Waals surface area contributed by atoms with Crippen LogP contribution in [0.5, 0.6) is 0 Å². The molecule has 3 heterocycles. The summed E-state index contributed by atoms with van der Waals surface area (Å²) in [6.07, 6.45) is 5.71. The largest absolute Gasteiger partial charge is 0.346 e. The van der Waals surface area contributed by atoms with E-state index in [2.05, 4.69) is 51.2 Å². The second-order valence-electron chi connectivity index (χ2n) is 6.98. The molecule has 1 N–H and O–H groups in total. The van der Waals surface area contributed by atoms with Crippen LogP contribution in [0.3, 0.4) is 0 Å². The molecule has 0 bridgehead atoms. The zero-order chi connectivity index (χ0) is 19.7. The van der Waals surface area contributed by atoms with Crippen molar-refractivity contribution in [2.75, 3.05) is 26.0 Å². The molecule has 0 unspecified atom stereocenters. The second-order valence-corrected chi connectivity index (χ2v) is 7.84. The summed E-state index contributed by atoms with van der Waals surface area (Å²) in [5.41, 5.74) is 3.24. The average Bonchev–Trinajstić information content (AvgIpc) is 3.38. The predicted octanol–water partition coefficient (Wildman–Crippen LogP) is 3.31. The Kier molecular flexibility index (Phi) is 4.97. The van der Waals surface area contributed by atoms with Crippen molar-refractivity contribution < 1.29 is 4.79 Å². The minimum Gasteiger partial charge on any atom is -0.346 e. The Labute approximate surface area is 167 Å². The van der Waals surface area contributed by atoms with E-state index in [-0.39, 0.29) is 5.91 Å². The maximum Gasteiger partial charge on any atom is 0.275 e. The molecule has 28 heavy (non-hydrogen) atoms. The van der Waals surface area contributed by atoms with Crippen LogP contribution >= 0.6 is 11.3 Å². The van der Waals surface area contributed by atoms with Gasteiger partial charge in [0.25, 0.3) is 5.91 Å². The van der Waals surface area contributed by atoms with Crippen molar-refractivity contribution in [1.82, 2.24) is 24.2 Å². The molecular formula is C20H22N6OS. The Morgan fingerprint density at radius 1 is 1.29 bits per heavy atom. The molecule has 4 aromatic rings. The molecule has 0 atom stereocenters. The van der Waals surface area contributed by atoms with Gasteiger partial charge in [-0.1, -0.05) is 0 Å². The van der Waals surface area contributed by atoms with Gasteiger partial charge in [-0.25, -0.2) is 4.98 Å². The zero-order valence-corrected chi connectivity index (χ0v) is 16.9. The minimum atomic E-state index is -0.210. The van der Waals surface area contributed by atoms with Crippen molar-refractivity contribution in [2.24, 2.45) is 7.05 Å². The Morgan fingerprint density at radius 2 is 2.14 bits per heavy atom. The second kappa shape index (κ2) is 7.57. The first-order valence-electron chi connectivity index (χ1n) is 8.99. The molecule has 0 aliphatic carbocycles. The number of aromatic nitrogens is 4. The van der Waals surface area contributed by atoms with Crippen molar-refractivity contribution in [3.63, 3.8) is 0 Å². The summed E-state index contributed by atoms with van der Waals surface area (Å²) in [7, 11) is 5.99. The first kappa shape index (κ1) is 18.4. The normalized spacial score (nSPS) is 11.4. The molecule has 0 aliphatic heterocycles. The zero-order valence-electron chi connectivity index (χ0n) is 16.1. The van der Waals surface area contributed by atoms with Gasteiger partial charge in [-0.3, -0.25) is 9.48 Å². The van der Waals surface area contributed by atoms with Crippen LogP contribution in [0.15, 0.2) is 48.2 Å². The van der Waals surface area contributed by atoms with Crippen LogP contribution in [0.2, 0.25) is 0 Å². The average molecular weight is 395 g/mol. The standard InChI is InChI=1S/C20H22N6OS/c1-24(2)8-9-26-7-6-14-10-16(4-5-18(14)26)22-19(27)17-13-28-20(23-17)15-11-21-25(3)12-15/h4-7,10-13H,8-9H2,1-3H3,(H,22,27). The van der Waals surface area contributed by atoms with E-state index >= 15 is 0 Å². The Hall–Kier alpha value is -2.97. The summed E-state index contributed by atoms with van der Waals surface area (Å²) in [6, 6.07) is 8.04. The maximum atomic E-state index is 12.6. The van der Waals surface area contributed by atoms with Gasteiger partial charge in [-0.15, -0.1) is 11.3 Å². The highest BCUT2D eigenvalue weighted by Gasteiger charge is 2.13. The van der Waals surface area contributed by atoms with Gasteiger partial charge in [0.2, 0.25) is 0 Å². The number of carbonyl (C=O) groups excluding carboxylic acids is 1. The molecule has 0 spiro atoms. The fourth-order valence-electron chi connectivity index (χ4n) is 3.02. The Balaban J connectivity index is 1.48. The van der Waals surface area contributed by atoms with Crippen molar-refractivity contribution in [2.45, 2.75) is 6.54 Å². The highest BCUT2D eigenvalue weighted by molar-refractivity contribution is 7.13. The molecule has 0 saturated heterocycles. The summed E-state index contributed by atoms with van der Waals surface area (Å²) < 4.78 is 3.94. The van der Waals surface area contributed by atoms with E-state index in [0.29, 0.717) is 5.69 Å². The van der Waals surface area contributed by atoms with Crippen LogP contribution in [0.1, 0.15) is 10.5 Å². The molecule has 0 aliphatic rings. The van der Waals surface area contributed by atoms with Crippen LogP contribution in [0.25, 0.3) is 21.5 Å². The lowest BCUT2D eigenvalue weighted by molar-refractivity contribution is 0.102. The quantitative estimate of drug-likeness (QED) is 0.545. The van der Waals surface area contributed by atoms with Gasteiger partial charge < -0.3 is 14.8 Å². The van der Waals surface area contributed by atoms with E-state index in [0.717, 1.165) is 40.3 Å². The fraction of sp³-hybridized carbons (Fsp3) is 0.250. The van der Waals surface area contributed by atoms with Gasteiger partial charge in [-0.2, -0.15) is 5.10 Å². The van der Waals surface area contributed by atoms with E-state index in [1.54, 1.807) is 16.3 Å². The summed E-state index contributed by atoms with van der Waals surface area (Å²) in [4.78, 5) is 19.2. The van der Waals surface area contributed by atoms with Crippen LogP contribution in [-0.2, 0) is 13.6 Å². The van der Waals surface area contributed by atoms with Crippen LogP contribution in [-0.4, -0.2) is 50.8 Å². The number of nitrogens with one attached hydrogen (secondary N) is 1. The molecule has 144 valence electrons. The Morgan fingerprint density at radius 3 is 2.89 bits per heavy atom. The van der Waals surface area contributed by atoms with Gasteiger partial charge in [0.05, 0.1) is 6.20 Å². The number of likely N-dealkylation sites (N-methyl/N-ethyl adjacent to an activating group) is 1. The lowest BCUT2D eigenvalue weighted by Crippen LogP contribution is -2.17. The summed E-state index contributed by atoms with van der Waals surface area (Å²) in [6.45, 7) is 1.91. The molecule has 1 amide bonds. The first-order valence-corrected chi connectivity index (χ1v) is 9.87. The van der Waals surface area contributed by atoms with Gasteiger partial charge in [-0.05, 0) is 38.4 Å². The van der Waals surface area contributed by atoms with E-state index in [9.17, 15) is 4.79 Å². The minimum absolute atomic E-state index is 0.210. The molecule has 7 nitrogen and oxygen atoms in total. The molecule has 0 saturated carbocycles. The highest BCUT2D eigenvalue weighted by Crippen LogP contribution is 2.24. The number of carbonyl (C=O) groups is 1. The number of amides is 1. The Bertz CT molecular complexity index is 1120. The molecule has 3 aromatic heterocycles. The summed E-state index contributed by atoms with van der Waals surface area (Å²) >= 11 is 1.44. The molecule has 0 radical (unpaired) electrons. The number of hydrogen-bond donors (Lipinski definition) is 1. The van der Waals surface area contributed by atoms with Gasteiger partial charge >= 0.3 is 0 Å². The first-order chi connectivity index (χ1) is 13.5. The lowest BCUT2D eigenvalue weighted by atomic mass is 10.2. The van der Waals surface area contributed by atoms with Crippen LogP contribution in [0, 0.1) is 0 Å². The topological polar surface area (TPSA) is 68.0 Å². The van der Waals surface area contributed by atoms with Crippen LogP contribution < -0.4 is 5.32 Å². The number of benzene rings is 1. The smallest absolute Gasteiger partial charge is 0.275 e. The van der Waals surface area contributed by atoms with Gasteiger partial charge in [0, 0.05) is 60.1 Å². The van der Waals surface area contributed by atoms with Crippen molar-refractivity contribution in [1.29, 1.82) is 0 Å². The van der Waals surface area contributed by atoms with E-state index in [4.69, 9.17) is 0 Å². The highest BCUT2D eigenvalue weighted by atomic mass is 32.1. The van der Waals surface area contributed by atoms with Crippen molar-refractivity contribution in [3.8, 4) is 10.6 Å². The third-order valence-corrected chi connectivity index (χ3v) is 5.40. The molecule has 8 heteroatoms. The fourth-order valence-corrected chi connectivity index (χ4v) is 3.79. The van der Waals surface area contributed by atoms with Crippen molar-refractivity contribution in [3.05, 3.63) is 53.9 Å². The van der Waals surface area contributed by atoms with Gasteiger partial charge in [0.15, 0.2) is 0 Å². The van der Waals surface area contributed by atoms with E-state index in [1.807, 2.05) is 31.4 Å². The number of aryl methyl sites for hydroxylation is 1. The molecule has 0 fully saturated rings. The molecule has 1 aromatic carbocycles. The van der Waals surface area contributed by atoms with E-state index < -0.39 is 0 Å². The number of hydrogen-bond acceptors (Lipinski definition) is 5. The maximum absolute atomic E-state index is 12.6. The third kappa shape index (κ3) is 3.83. The molecule has 4 rings (SSSR count). The number of fused-ring (bicyclic) bond motifs is 1. The molecular weight excluding hydrogens is 372 g/mol. The number of thiazole rings is 1. The number of rotatable bonds is 6. The number of nitrogens with zero attached hydrogens (tertiary/aromatic N) is 5. The SMILES string of the molecule is CN(C)CCn1ccc2cc(NC(=O)c3csc(-c4cnn(C)c4)n3)ccc21. The lowest BCUT2D eigenvalue weighted by Gasteiger charge is -2.11. The van der Waals surface area contributed by atoms with E-state index in [1.165, 1.54) is 11.3 Å². The third-order valence-electron chi connectivity index (χ3n) is 4.51. The summed E-state index contributed by atoms with van der Waals surface area (Å²) in [5.74, 6) is -0.210. The number of anilines is 1. The predicted molar refractivity (Wildman–Crippen MR) is 113 cm³/mol. The van der Waals surface area contributed by atoms with Gasteiger partial charge in [0.1, 0.15) is 10.7 Å². The van der Waals surface area contributed by atoms with Crippen LogP contribution in [0.4, 0.5) is 5.69 Å².